The Morgan fingerprint density at radius 2 is 2.00 bits per heavy atom. The van der Waals surface area contributed by atoms with Gasteiger partial charge in [0, 0.05) is 6.07 Å². The van der Waals surface area contributed by atoms with E-state index in [0.29, 0.717) is 12.0 Å². The Morgan fingerprint density at radius 1 is 1.33 bits per heavy atom. The van der Waals surface area contributed by atoms with Crippen LogP contribution in [0.15, 0.2) is 12.1 Å². The first-order valence-corrected chi connectivity index (χ1v) is 4.76. The normalized spacial score (nSPS) is 10.2. The zero-order chi connectivity index (χ0) is 11.4. The van der Waals surface area contributed by atoms with Crippen molar-refractivity contribution in [3.05, 3.63) is 27.8 Å². The van der Waals surface area contributed by atoms with Crippen LogP contribution in [0.3, 0.4) is 0 Å². The number of hydrogen-bond donors (Lipinski definition) is 2. The van der Waals surface area contributed by atoms with E-state index in [9.17, 15) is 20.3 Å². The summed E-state index contributed by atoms with van der Waals surface area (Å²) < 4.78 is 0. The van der Waals surface area contributed by atoms with Gasteiger partial charge in [0.25, 0.3) is 0 Å². The summed E-state index contributed by atoms with van der Waals surface area (Å²) >= 11 is 0. The van der Waals surface area contributed by atoms with E-state index in [2.05, 4.69) is 0 Å². The first-order valence-electron chi connectivity index (χ1n) is 4.76. The lowest BCUT2D eigenvalue weighted by atomic mass is 10.1. The van der Waals surface area contributed by atoms with E-state index < -0.39 is 16.4 Å². The molecule has 0 atom stereocenters. The molecule has 5 heteroatoms. The van der Waals surface area contributed by atoms with Crippen LogP contribution in [0.1, 0.15) is 25.3 Å². The number of nitrogens with zero attached hydrogens (tertiary/aromatic N) is 1. The summed E-state index contributed by atoms with van der Waals surface area (Å²) in [5.74, 6) is -1.02. The number of aromatic hydroxyl groups is 2. The first-order chi connectivity index (χ1) is 7.07. The first kappa shape index (κ1) is 11.3. The molecule has 0 heterocycles. The highest BCUT2D eigenvalue weighted by Crippen LogP contribution is 2.37. The third kappa shape index (κ3) is 2.37. The second kappa shape index (κ2) is 4.63. The molecule has 0 unspecified atom stereocenters. The predicted molar refractivity (Wildman–Crippen MR) is 55.0 cm³/mol. The molecule has 0 fully saturated rings. The minimum atomic E-state index is -0.724. The van der Waals surface area contributed by atoms with Crippen LogP contribution in [0.5, 0.6) is 11.5 Å². The van der Waals surface area contributed by atoms with Crippen molar-refractivity contribution < 1.29 is 15.1 Å². The van der Waals surface area contributed by atoms with Crippen molar-refractivity contribution in [2.24, 2.45) is 0 Å². The minimum absolute atomic E-state index is 0.377. The number of rotatable bonds is 4. The summed E-state index contributed by atoms with van der Waals surface area (Å²) in [5.41, 5.74) is 0.0766. The summed E-state index contributed by atoms with van der Waals surface area (Å²) in [6, 6.07) is 2.68. The monoisotopic (exact) mass is 211 g/mol. The van der Waals surface area contributed by atoms with Gasteiger partial charge in [-0.25, -0.2) is 0 Å². The maximum Gasteiger partial charge on any atom is 0.314 e. The van der Waals surface area contributed by atoms with Crippen molar-refractivity contribution in [1.82, 2.24) is 0 Å². The Hall–Kier alpha value is -1.78. The van der Waals surface area contributed by atoms with Crippen molar-refractivity contribution in [3.63, 3.8) is 0 Å². The standard InChI is InChI=1S/C10H13NO4/c1-2-3-4-7-5-6-8(11(14)15)10(13)9(7)12/h5-6,12-13H,2-4H2,1H3. The Morgan fingerprint density at radius 3 is 2.53 bits per heavy atom. The van der Waals surface area contributed by atoms with Crippen LogP contribution in [0.25, 0.3) is 0 Å². The average molecular weight is 211 g/mol. The van der Waals surface area contributed by atoms with E-state index in [4.69, 9.17) is 0 Å². The number of nitro groups is 1. The molecule has 5 nitrogen and oxygen atoms in total. The Balaban J connectivity index is 3.04. The Kier molecular flexibility index (Phi) is 3.49. The summed E-state index contributed by atoms with van der Waals surface area (Å²) in [4.78, 5) is 9.71. The van der Waals surface area contributed by atoms with Gasteiger partial charge in [0.2, 0.25) is 5.75 Å². The van der Waals surface area contributed by atoms with Gasteiger partial charge in [-0.2, -0.15) is 0 Å². The lowest BCUT2D eigenvalue weighted by molar-refractivity contribution is -0.386. The Bertz CT molecular complexity index is 376. The van der Waals surface area contributed by atoms with Crippen molar-refractivity contribution >= 4 is 5.69 Å². The minimum Gasteiger partial charge on any atom is -0.504 e. The van der Waals surface area contributed by atoms with E-state index in [1.807, 2.05) is 6.92 Å². The van der Waals surface area contributed by atoms with E-state index in [-0.39, 0.29) is 5.75 Å². The van der Waals surface area contributed by atoms with Gasteiger partial charge in [-0.3, -0.25) is 10.1 Å². The van der Waals surface area contributed by atoms with E-state index in [0.717, 1.165) is 12.8 Å². The van der Waals surface area contributed by atoms with Crippen LogP contribution in [-0.4, -0.2) is 15.1 Å². The lowest BCUT2D eigenvalue weighted by Gasteiger charge is -2.05. The number of hydrogen-bond acceptors (Lipinski definition) is 4. The van der Waals surface area contributed by atoms with Gasteiger partial charge in [0.15, 0.2) is 5.75 Å². The van der Waals surface area contributed by atoms with Gasteiger partial charge < -0.3 is 10.2 Å². The van der Waals surface area contributed by atoms with Gasteiger partial charge in [-0.15, -0.1) is 0 Å². The fourth-order valence-electron chi connectivity index (χ4n) is 1.33. The summed E-state index contributed by atoms with van der Waals surface area (Å²) in [6.07, 6.45) is 2.43. The van der Waals surface area contributed by atoms with Crippen LogP contribution in [0.4, 0.5) is 5.69 Å². The molecule has 0 radical (unpaired) electrons. The molecule has 82 valence electrons. The highest BCUT2D eigenvalue weighted by Gasteiger charge is 2.19. The fraction of sp³-hybridized carbons (Fsp3) is 0.400. The van der Waals surface area contributed by atoms with Crippen molar-refractivity contribution in [2.75, 3.05) is 0 Å². The molecule has 2 N–H and O–H groups in total. The molecular weight excluding hydrogens is 198 g/mol. The number of phenols is 2. The smallest absolute Gasteiger partial charge is 0.314 e. The predicted octanol–water partition coefficient (Wildman–Crippen LogP) is 2.35. The summed E-state index contributed by atoms with van der Waals surface area (Å²) in [7, 11) is 0. The second-order valence-corrected chi connectivity index (χ2v) is 3.30. The van der Waals surface area contributed by atoms with E-state index >= 15 is 0 Å². The van der Waals surface area contributed by atoms with Crippen molar-refractivity contribution in [1.29, 1.82) is 0 Å². The van der Waals surface area contributed by atoms with E-state index in [1.54, 1.807) is 0 Å². The third-order valence-electron chi connectivity index (χ3n) is 2.21. The molecule has 1 aromatic carbocycles. The molecule has 0 amide bonds. The number of benzene rings is 1. The van der Waals surface area contributed by atoms with Crippen LogP contribution in [-0.2, 0) is 6.42 Å². The topological polar surface area (TPSA) is 83.6 Å². The molecule has 1 aromatic rings. The third-order valence-corrected chi connectivity index (χ3v) is 2.21. The molecule has 0 aromatic heterocycles. The molecule has 0 bridgehead atoms. The van der Waals surface area contributed by atoms with Crippen LogP contribution in [0.2, 0.25) is 0 Å². The van der Waals surface area contributed by atoms with Crippen LogP contribution in [0, 0.1) is 10.1 Å². The number of phenolic OH excluding ortho intramolecular Hbond substituents is 2. The van der Waals surface area contributed by atoms with Gasteiger partial charge in [0.1, 0.15) is 0 Å². The highest BCUT2D eigenvalue weighted by atomic mass is 16.6. The zero-order valence-electron chi connectivity index (χ0n) is 8.43. The van der Waals surface area contributed by atoms with E-state index in [1.165, 1.54) is 12.1 Å². The second-order valence-electron chi connectivity index (χ2n) is 3.30. The Labute approximate surface area is 87.1 Å². The molecule has 0 aliphatic carbocycles. The zero-order valence-corrected chi connectivity index (χ0v) is 8.43. The molecule has 1 rings (SSSR count). The largest absolute Gasteiger partial charge is 0.504 e. The lowest BCUT2D eigenvalue weighted by Crippen LogP contribution is -1.92. The fourth-order valence-corrected chi connectivity index (χ4v) is 1.33. The molecular formula is C10H13NO4. The molecule has 0 aliphatic heterocycles. The number of unbranched alkanes of at least 4 members (excludes halogenated alkanes) is 1. The molecule has 15 heavy (non-hydrogen) atoms. The number of nitro benzene ring substituents is 1. The number of aryl methyl sites for hydroxylation is 1. The highest BCUT2D eigenvalue weighted by molar-refractivity contribution is 5.57. The summed E-state index contributed by atoms with van der Waals surface area (Å²) in [5, 5.41) is 29.3. The average Bonchev–Trinajstić information content (AvgIpc) is 2.20. The van der Waals surface area contributed by atoms with Gasteiger partial charge >= 0.3 is 5.69 Å². The maximum absolute atomic E-state index is 10.4. The molecule has 0 saturated carbocycles. The molecule has 0 aliphatic rings. The maximum atomic E-state index is 10.4. The molecule has 0 saturated heterocycles. The SMILES string of the molecule is CCCCc1ccc([N+](=O)[O-])c(O)c1O. The quantitative estimate of drug-likeness (QED) is 0.455. The van der Waals surface area contributed by atoms with Crippen molar-refractivity contribution in [3.8, 4) is 11.5 Å². The summed E-state index contributed by atoms with van der Waals surface area (Å²) in [6.45, 7) is 2.00. The van der Waals surface area contributed by atoms with Gasteiger partial charge in [0.05, 0.1) is 4.92 Å². The van der Waals surface area contributed by atoms with Gasteiger partial charge in [-0.05, 0) is 24.5 Å². The van der Waals surface area contributed by atoms with Gasteiger partial charge in [-0.1, -0.05) is 13.3 Å². The van der Waals surface area contributed by atoms with Crippen LogP contribution < -0.4 is 0 Å². The van der Waals surface area contributed by atoms with Crippen LogP contribution >= 0.6 is 0 Å². The molecule has 0 spiro atoms. The van der Waals surface area contributed by atoms with Crippen molar-refractivity contribution in [2.45, 2.75) is 26.2 Å².